The van der Waals surface area contributed by atoms with E-state index in [0.717, 1.165) is 25.7 Å². The summed E-state index contributed by atoms with van der Waals surface area (Å²) in [5.41, 5.74) is 0. The Morgan fingerprint density at radius 1 is 0.762 bits per heavy atom. The minimum Gasteiger partial charge on any atom is -0.393 e. The molecule has 0 saturated carbocycles. The van der Waals surface area contributed by atoms with Crippen LogP contribution in [0.3, 0.4) is 0 Å². The lowest BCUT2D eigenvalue weighted by molar-refractivity contribution is -0.117. The van der Waals surface area contributed by atoms with Crippen LogP contribution >= 0.6 is 0 Å². The molecule has 0 aliphatic rings. The molecule has 0 heterocycles. The second-order valence-corrected chi connectivity index (χ2v) is 6.57. The Morgan fingerprint density at radius 3 is 1.67 bits per heavy atom. The average Bonchev–Trinajstić information content (AvgIpc) is 2.45. The number of aliphatic hydroxyl groups is 1. The number of aliphatic hydroxyl groups excluding tert-OH is 1. The van der Waals surface area contributed by atoms with Crippen LogP contribution in [0.1, 0.15) is 110 Å². The van der Waals surface area contributed by atoms with Crippen molar-refractivity contribution in [3.8, 4) is 0 Å². The fourth-order valence-electron chi connectivity index (χ4n) is 2.77. The number of ketones is 1. The minimum atomic E-state index is -0.0616. The van der Waals surface area contributed by atoms with Gasteiger partial charge in [-0.15, -0.1) is 0 Å². The molecule has 126 valence electrons. The summed E-state index contributed by atoms with van der Waals surface area (Å²) < 4.78 is 0. The number of rotatable bonds is 16. The predicted molar refractivity (Wildman–Crippen MR) is 91.6 cm³/mol. The van der Waals surface area contributed by atoms with Crippen LogP contribution in [-0.4, -0.2) is 17.0 Å². The Morgan fingerprint density at radius 2 is 1.19 bits per heavy atom. The molecule has 21 heavy (non-hydrogen) atoms. The molecule has 0 aliphatic carbocycles. The molecule has 2 heteroatoms. The van der Waals surface area contributed by atoms with Crippen molar-refractivity contribution in [2.24, 2.45) is 0 Å². The molecule has 1 atom stereocenters. The van der Waals surface area contributed by atoms with E-state index in [1.807, 2.05) is 0 Å². The molecular weight excluding hydrogens is 260 g/mol. The number of unbranched alkanes of at least 4 members (excludes halogenated alkanes) is 10. The Hall–Kier alpha value is -0.370. The first-order valence-corrected chi connectivity index (χ1v) is 9.34. The van der Waals surface area contributed by atoms with E-state index in [4.69, 9.17) is 0 Å². The zero-order chi connectivity index (χ0) is 15.8. The first-order chi connectivity index (χ1) is 10.2. The number of hydrogen-bond acceptors (Lipinski definition) is 2. The highest BCUT2D eigenvalue weighted by Gasteiger charge is 2.03. The standard InChI is InChI=1S/C19H38O2/c1-3-4-5-13-16-19(21)17-14-11-9-7-6-8-10-12-15-18(2)20/h19,21H,3-17H2,1-2H3/t19-/m1/s1. The summed E-state index contributed by atoms with van der Waals surface area (Å²) in [6.45, 7) is 3.90. The molecule has 0 rings (SSSR count). The van der Waals surface area contributed by atoms with Crippen molar-refractivity contribution in [3.63, 3.8) is 0 Å². The molecule has 0 aromatic heterocycles. The number of hydrogen-bond donors (Lipinski definition) is 1. The molecule has 1 N–H and O–H groups in total. The number of Topliss-reactive ketones (excluding diaryl/α,β-unsaturated/α-hetero) is 1. The molecule has 0 aromatic rings. The van der Waals surface area contributed by atoms with Gasteiger partial charge in [0.1, 0.15) is 5.78 Å². The first kappa shape index (κ1) is 20.6. The van der Waals surface area contributed by atoms with E-state index in [0.29, 0.717) is 5.78 Å². The van der Waals surface area contributed by atoms with E-state index in [-0.39, 0.29) is 6.10 Å². The van der Waals surface area contributed by atoms with Crippen LogP contribution in [0.15, 0.2) is 0 Å². The van der Waals surface area contributed by atoms with Crippen molar-refractivity contribution in [2.45, 2.75) is 116 Å². The quantitative estimate of drug-likeness (QED) is 0.365. The van der Waals surface area contributed by atoms with Gasteiger partial charge in [0.05, 0.1) is 6.10 Å². The van der Waals surface area contributed by atoms with Crippen molar-refractivity contribution in [3.05, 3.63) is 0 Å². The van der Waals surface area contributed by atoms with Crippen LogP contribution < -0.4 is 0 Å². The summed E-state index contributed by atoms with van der Waals surface area (Å²) >= 11 is 0. The maximum absolute atomic E-state index is 10.8. The van der Waals surface area contributed by atoms with Gasteiger partial charge >= 0.3 is 0 Å². The van der Waals surface area contributed by atoms with Gasteiger partial charge in [0.15, 0.2) is 0 Å². The van der Waals surface area contributed by atoms with E-state index in [9.17, 15) is 9.90 Å². The van der Waals surface area contributed by atoms with Crippen LogP contribution in [-0.2, 0) is 4.79 Å². The number of carbonyl (C=O) groups excluding carboxylic acids is 1. The van der Waals surface area contributed by atoms with Crippen LogP contribution in [0.5, 0.6) is 0 Å². The summed E-state index contributed by atoms with van der Waals surface area (Å²) in [5.74, 6) is 0.322. The van der Waals surface area contributed by atoms with Gasteiger partial charge in [-0.3, -0.25) is 0 Å². The van der Waals surface area contributed by atoms with E-state index in [1.165, 1.54) is 70.6 Å². The summed E-state index contributed by atoms with van der Waals surface area (Å²) in [7, 11) is 0. The van der Waals surface area contributed by atoms with Gasteiger partial charge in [-0.25, -0.2) is 0 Å². The molecule has 0 unspecified atom stereocenters. The molecule has 0 aliphatic heterocycles. The fourth-order valence-corrected chi connectivity index (χ4v) is 2.77. The lowest BCUT2D eigenvalue weighted by Crippen LogP contribution is -2.05. The Labute approximate surface area is 132 Å². The summed E-state index contributed by atoms with van der Waals surface area (Å²) in [4.78, 5) is 10.8. The highest BCUT2D eigenvalue weighted by atomic mass is 16.3. The van der Waals surface area contributed by atoms with Crippen molar-refractivity contribution in [1.82, 2.24) is 0 Å². The smallest absolute Gasteiger partial charge is 0.129 e. The minimum absolute atomic E-state index is 0.0616. The van der Waals surface area contributed by atoms with Gasteiger partial charge in [-0.1, -0.05) is 77.6 Å². The molecule has 0 bridgehead atoms. The topological polar surface area (TPSA) is 37.3 Å². The highest BCUT2D eigenvalue weighted by molar-refractivity contribution is 5.75. The first-order valence-electron chi connectivity index (χ1n) is 9.34. The lowest BCUT2D eigenvalue weighted by Gasteiger charge is -2.10. The molecule has 0 aromatic carbocycles. The second kappa shape index (κ2) is 16.0. The largest absolute Gasteiger partial charge is 0.393 e. The second-order valence-electron chi connectivity index (χ2n) is 6.57. The van der Waals surface area contributed by atoms with Gasteiger partial charge in [0.2, 0.25) is 0 Å². The zero-order valence-corrected chi connectivity index (χ0v) is 14.5. The van der Waals surface area contributed by atoms with Crippen molar-refractivity contribution >= 4 is 5.78 Å². The van der Waals surface area contributed by atoms with Crippen LogP contribution in [0, 0.1) is 0 Å². The molecule has 0 spiro atoms. The van der Waals surface area contributed by atoms with Crippen LogP contribution in [0.2, 0.25) is 0 Å². The lowest BCUT2D eigenvalue weighted by atomic mass is 10.0. The molecular formula is C19H38O2. The van der Waals surface area contributed by atoms with Crippen molar-refractivity contribution in [2.75, 3.05) is 0 Å². The van der Waals surface area contributed by atoms with E-state index in [1.54, 1.807) is 6.92 Å². The third-order valence-corrected chi connectivity index (χ3v) is 4.21. The van der Waals surface area contributed by atoms with E-state index in [2.05, 4.69) is 6.92 Å². The fraction of sp³-hybridized carbons (Fsp3) is 0.947. The van der Waals surface area contributed by atoms with E-state index >= 15 is 0 Å². The van der Waals surface area contributed by atoms with E-state index < -0.39 is 0 Å². The monoisotopic (exact) mass is 298 g/mol. The molecule has 0 amide bonds. The molecule has 2 nitrogen and oxygen atoms in total. The van der Waals surface area contributed by atoms with Crippen LogP contribution in [0.4, 0.5) is 0 Å². The van der Waals surface area contributed by atoms with Gasteiger partial charge < -0.3 is 9.90 Å². The van der Waals surface area contributed by atoms with Gasteiger partial charge in [0.25, 0.3) is 0 Å². The van der Waals surface area contributed by atoms with Gasteiger partial charge in [-0.2, -0.15) is 0 Å². The molecule has 0 radical (unpaired) electrons. The van der Waals surface area contributed by atoms with Crippen molar-refractivity contribution in [1.29, 1.82) is 0 Å². The van der Waals surface area contributed by atoms with Crippen molar-refractivity contribution < 1.29 is 9.90 Å². The zero-order valence-electron chi connectivity index (χ0n) is 14.5. The summed E-state index contributed by atoms with van der Waals surface area (Å²) in [5, 5.41) is 9.87. The normalized spacial score (nSPS) is 12.5. The Bertz CT molecular complexity index is 226. The summed E-state index contributed by atoms with van der Waals surface area (Å²) in [6.07, 6.45) is 17.6. The van der Waals surface area contributed by atoms with Gasteiger partial charge in [0, 0.05) is 6.42 Å². The van der Waals surface area contributed by atoms with Gasteiger partial charge in [-0.05, 0) is 26.2 Å². The molecule has 0 saturated heterocycles. The maximum Gasteiger partial charge on any atom is 0.129 e. The van der Waals surface area contributed by atoms with Crippen LogP contribution in [0.25, 0.3) is 0 Å². The highest BCUT2D eigenvalue weighted by Crippen LogP contribution is 2.14. The summed E-state index contributed by atoms with van der Waals surface area (Å²) in [6, 6.07) is 0. The third-order valence-electron chi connectivity index (χ3n) is 4.21. The SMILES string of the molecule is CCCCCC[C@@H](O)CCCCCCCCCCC(C)=O. The Balaban J connectivity index is 3.12. The average molecular weight is 299 g/mol. The number of carbonyl (C=O) groups is 1. The Kier molecular flexibility index (Phi) is 15.7. The third kappa shape index (κ3) is 17.6. The predicted octanol–water partition coefficient (Wildman–Crippen LogP) is 5.81. The maximum atomic E-state index is 10.8. The molecule has 0 fully saturated rings.